The molecule has 1 amide bonds. The third-order valence-corrected chi connectivity index (χ3v) is 3.79. The van der Waals surface area contributed by atoms with E-state index in [-0.39, 0.29) is 18.6 Å². The van der Waals surface area contributed by atoms with Gasteiger partial charge in [0.05, 0.1) is 23.1 Å². The van der Waals surface area contributed by atoms with Crippen LogP contribution in [0.4, 0.5) is 0 Å². The molecule has 2 unspecified atom stereocenters. The molecule has 2 heterocycles. The fourth-order valence-electron chi connectivity index (χ4n) is 2.30. The van der Waals surface area contributed by atoms with Gasteiger partial charge in [0.25, 0.3) is 5.91 Å². The van der Waals surface area contributed by atoms with Crippen molar-refractivity contribution in [3.05, 3.63) is 23.0 Å². The number of rotatable bonds is 4. The molecule has 1 fully saturated rings. The van der Waals surface area contributed by atoms with Gasteiger partial charge in [-0.3, -0.25) is 4.79 Å². The molecule has 0 spiro atoms. The molecule has 1 saturated heterocycles. The Kier molecular flexibility index (Phi) is 4.35. The third kappa shape index (κ3) is 2.96. The molecule has 1 aliphatic rings. The van der Waals surface area contributed by atoms with Gasteiger partial charge in [0.15, 0.2) is 0 Å². The van der Waals surface area contributed by atoms with Gasteiger partial charge in [-0.2, -0.15) is 10.2 Å². The number of nitrogens with zero attached hydrogens (tertiary/aromatic N) is 2. The highest BCUT2D eigenvalue weighted by Crippen LogP contribution is 2.24. The quantitative estimate of drug-likeness (QED) is 0.844. The Morgan fingerprint density at radius 1 is 1.60 bits per heavy atom. The zero-order valence-corrected chi connectivity index (χ0v) is 12.1. The van der Waals surface area contributed by atoms with Crippen LogP contribution in [0.1, 0.15) is 42.0 Å². The molecule has 6 heteroatoms. The predicted octanol–water partition coefficient (Wildman–Crippen LogP) is 0.617. The van der Waals surface area contributed by atoms with E-state index in [2.05, 4.69) is 15.5 Å². The zero-order valence-electron chi connectivity index (χ0n) is 12.1. The molecule has 6 nitrogen and oxygen atoms in total. The van der Waals surface area contributed by atoms with Crippen molar-refractivity contribution in [3.8, 4) is 0 Å². The second-order valence-corrected chi connectivity index (χ2v) is 5.25. The molecule has 0 bridgehead atoms. The summed E-state index contributed by atoms with van der Waals surface area (Å²) in [6, 6.07) is 1.72. The van der Waals surface area contributed by atoms with Gasteiger partial charge in [0, 0.05) is 19.6 Å². The van der Waals surface area contributed by atoms with E-state index in [0.717, 1.165) is 0 Å². The number of aromatic nitrogens is 2. The molecule has 2 N–H and O–H groups in total. The van der Waals surface area contributed by atoms with E-state index < -0.39 is 5.60 Å². The number of amides is 1. The molecular weight excluding hydrogens is 258 g/mol. The smallest absolute Gasteiger partial charge is 0.253 e. The summed E-state index contributed by atoms with van der Waals surface area (Å²) in [5.41, 5.74) is 0.895. The van der Waals surface area contributed by atoms with Gasteiger partial charge in [0.1, 0.15) is 5.60 Å². The van der Waals surface area contributed by atoms with Gasteiger partial charge in [-0.25, -0.2) is 0 Å². The number of carbonyl (C=O) groups excluding carboxylic acids is 1. The molecule has 0 aromatic carbocycles. The van der Waals surface area contributed by atoms with Crippen molar-refractivity contribution in [2.24, 2.45) is 0 Å². The lowest BCUT2D eigenvalue weighted by molar-refractivity contribution is -0.0251. The molecule has 2 atom stereocenters. The van der Waals surface area contributed by atoms with E-state index in [1.54, 1.807) is 13.0 Å². The average Bonchev–Trinajstić information content (AvgIpc) is 2.76. The third-order valence-electron chi connectivity index (χ3n) is 3.79. The molecule has 1 aromatic rings. The van der Waals surface area contributed by atoms with Crippen LogP contribution in [0, 0.1) is 6.92 Å². The SMILES string of the molecule is CCc1nnc(C)cc1C(=O)NCC1(O)CCOC1C. The van der Waals surface area contributed by atoms with Crippen LogP contribution in [0.2, 0.25) is 0 Å². The minimum absolute atomic E-state index is 0.178. The predicted molar refractivity (Wildman–Crippen MR) is 73.5 cm³/mol. The van der Waals surface area contributed by atoms with Crippen LogP contribution in [-0.2, 0) is 11.2 Å². The minimum atomic E-state index is -0.989. The Hall–Kier alpha value is -1.53. The second-order valence-electron chi connectivity index (χ2n) is 5.25. The van der Waals surface area contributed by atoms with Crippen LogP contribution in [0.3, 0.4) is 0 Å². The molecule has 1 aromatic heterocycles. The van der Waals surface area contributed by atoms with E-state index in [0.29, 0.717) is 36.4 Å². The molecule has 0 saturated carbocycles. The number of aliphatic hydroxyl groups is 1. The van der Waals surface area contributed by atoms with Gasteiger partial charge in [-0.1, -0.05) is 6.92 Å². The van der Waals surface area contributed by atoms with Crippen molar-refractivity contribution < 1.29 is 14.6 Å². The van der Waals surface area contributed by atoms with Crippen LogP contribution in [0.15, 0.2) is 6.07 Å². The highest BCUT2D eigenvalue weighted by molar-refractivity contribution is 5.95. The lowest BCUT2D eigenvalue weighted by Crippen LogP contribution is -2.47. The maximum absolute atomic E-state index is 12.3. The maximum atomic E-state index is 12.3. The first kappa shape index (κ1) is 14.9. The second kappa shape index (κ2) is 5.85. The normalized spacial score (nSPS) is 25.7. The Morgan fingerprint density at radius 3 is 2.95 bits per heavy atom. The van der Waals surface area contributed by atoms with E-state index in [1.807, 2.05) is 13.8 Å². The highest BCUT2D eigenvalue weighted by Gasteiger charge is 2.39. The number of hydrogen-bond acceptors (Lipinski definition) is 5. The van der Waals surface area contributed by atoms with Gasteiger partial charge in [-0.05, 0) is 26.3 Å². The molecule has 1 aliphatic heterocycles. The lowest BCUT2D eigenvalue weighted by atomic mass is 9.96. The Balaban J connectivity index is 2.07. The minimum Gasteiger partial charge on any atom is -0.385 e. The van der Waals surface area contributed by atoms with E-state index in [1.165, 1.54) is 0 Å². The Morgan fingerprint density at radius 2 is 2.35 bits per heavy atom. The monoisotopic (exact) mass is 279 g/mol. The zero-order chi connectivity index (χ0) is 14.8. The largest absolute Gasteiger partial charge is 0.385 e. The summed E-state index contributed by atoms with van der Waals surface area (Å²) in [6.07, 6.45) is 0.897. The molecule has 20 heavy (non-hydrogen) atoms. The molecule has 0 radical (unpaired) electrons. The van der Waals surface area contributed by atoms with Crippen LogP contribution < -0.4 is 5.32 Å². The van der Waals surface area contributed by atoms with Gasteiger partial charge < -0.3 is 15.2 Å². The number of aryl methyl sites for hydroxylation is 2. The highest BCUT2D eigenvalue weighted by atomic mass is 16.5. The first-order valence-corrected chi connectivity index (χ1v) is 6.91. The molecule has 2 rings (SSSR count). The summed E-state index contributed by atoms with van der Waals surface area (Å²) in [5, 5.41) is 21.1. The van der Waals surface area contributed by atoms with Crippen LogP contribution >= 0.6 is 0 Å². The number of ether oxygens (including phenoxy) is 1. The van der Waals surface area contributed by atoms with Crippen LogP contribution in [-0.4, -0.2) is 46.1 Å². The summed E-state index contributed by atoms with van der Waals surface area (Å²) in [7, 11) is 0. The fourth-order valence-corrected chi connectivity index (χ4v) is 2.30. The van der Waals surface area contributed by atoms with Crippen molar-refractivity contribution in [1.82, 2.24) is 15.5 Å². The van der Waals surface area contributed by atoms with Crippen molar-refractivity contribution in [2.75, 3.05) is 13.2 Å². The molecule has 0 aliphatic carbocycles. The Labute approximate surface area is 118 Å². The average molecular weight is 279 g/mol. The summed E-state index contributed by atoms with van der Waals surface area (Å²) in [6.45, 7) is 6.23. The topological polar surface area (TPSA) is 84.3 Å². The first-order valence-electron chi connectivity index (χ1n) is 6.91. The van der Waals surface area contributed by atoms with Gasteiger partial charge >= 0.3 is 0 Å². The van der Waals surface area contributed by atoms with Crippen LogP contribution in [0.25, 0.3) is 0 Å². The molecule has 110 valence electrons. The number of hydrogen-bond donors (Lipinski definition) is 2. The number of nitrogens with one attached hydrogen (secondary N) is 1. The maximum Gasteiger partial charge on any atom is 0.253 e. The van der Waals surface area contributed by atoms with Gasteiger partial charge in [0.2, 0.25) is 0 Å². The van der Waals surface area contributed by atoms with E-state index >= 15 is 0 Å². The van der Waals surface area contributed by atoms with Crippen molar-refractivity contribution >= 4 is 5.91 Å². The summed E-state index contributed by atoms with van der Waals surface area (Å²) < 4.78 is 5.35. The molecular formula is C14H21N3O3. The van der Waals surface area contributed by atoms with E-state index in [4.69, 9.17) is 4.74 Å². The lowest BCUT2D eigenvalue weighted by Gasteiger charge is -2.26. The summed E-state index contributed by atoms with van der Waals surface area (Å²) in [5.74, 6) is -0.229. The summed E-state index contributed by atoms with van der Waals surface area (Å²) in [4.78, 5) is 12.3. The van der Waals surface area contributed by atoms with E-state index in [9.17, 15) is 9.90 Å². The fraction of sp³-hybridized carbons (Fsp3) is 0.643. The van der Waals surface area contributed by atoms with Gasteiger partial charge in [-0.15, -0.1) is 0 Å². The Bertz CT molecular complexity index is 506. The van der Waals surface area contributed by atoms with Crippen molar-refractivity contribution in [2.45, 2.75) is 45.3 Å². The first-order chi connectivity index (χ1) is 9.46. The number of carbonyl (C=O) groups is 1. The van der Waals surface area contributed by atoms with Crippen molar-refractivity contribution in [1.29, 1.82) is 0 Å². The van der Waals surface area contributed by atoms with Crippen LogP contribution in [0.5, 0.6) is 0 Å². The van der Waals surface area contributed by atoms with Crippen molar-refractivity contribution in [3.63, 3.8) is 0 Å². The standard InChI is InChI=1S/C14H21N3O3/c1-4-12-11(7-9(2)16-17-12)13(18)15-8-14(19)5-6-20-10(14)3/h7,10,19H,4-6,8H2,1-3H3,(H,15,18). The summed E-state index contributed by atoms with van der Waals surface area (Å²) >= 11 is 0.